The number of ketones is 1. The number of hydrogen-bond donors (Lipinski definition) is 0. The summed E-state index contributed by atoms with van der Waals surface area (Å²) in [6.07, 6.45) is 2.91. The van der Waals surface area contributed by atoms with Gasteiger partial charge in [0.2, 0.25) is 0 Å². The molecule has 1 aliphatic heterocycles. The molecular weight excluding hydrogens is 445 g/mol. The van der Waals surface area contributed by atoms with Gasteiger partial charge in [0.15, 0.2) is 17.3 Å². The third-order valence-electron chi connectivity index (χ3n) is 5.74. The van der Waals surface area contributed by atoms with Gasteiger partial charge in [0, 0.05) is 11.6 Å². The van der Waals surface area contributed by atoms with Crippen LogP contribution in [-0.4, -0.2) is 25.6 Å². The third kappa shape index (κ3) is 5.20. The number of benzene rings is 3. The van der Waals surface area contributed by atoms with Crippen LogP contribution in [0.1, 0.15) is 46.8 Å². The Balaban J connectivity index is 1.75. The van der Waals surface area contributed by atoms with E-state index in [9.17, 15) is 9.18 Å². The molecule has 6 heteroatoms. The minimum atomic E-state index is -0.700. The number of para-hydroxylation sites is 1. The molecule has 0 aliphatic carbocycles. The molecule has 0 bridgehead atoms. The highest BCUT2D eigenvalue weighted by atomic mass is 19.1. The van der Waals surface area contributed by atoms with Crippen molar-refractivity contribution in [3.05, 3.63) is 94.8 Å². The SMILES string of the molecule is COc1cccc(/C=C/C2Oc3cc(F)ccc3C(=O)C2c2ccc(C#N)cc2)c1OCC(C)C. The van der Waals surface area contributed by atoms with E-state index < -0.39 is 17.8 Å². The van der Waals surface area contributed by atoms with Gasteiger partial charge in [-0.15, -0.1) is 0 Å². The molecule has 0 saturated carbocycles. The minimum Gasteiger partial charge on any atom is -0.493 e. The number of halogens is 1. The molecule has 35 heavy (non-hydrogen) atoms. The maximum absolute atomic E-state index is 13.9. The van der Waals surface area contributed by atoms with Crippen LogP contribution in [0.4, 0.5) is 4.39 Å². The minimum absolute atomic E-state index is 0.174. The Hall–Kier alpha value is -4.11. The molecule has 2 unspecified atom stereocenters. The Morgan fingerprint density at radius 2 is 1.91 bits per heavy atom. The standard InChI is InChI=1S/C29H26FNO4/c1-18(2)17-34-29-21(5-4-6-25(29)33-3)11-14-24-27(20-9-7-19(16-31)8-10-20)28(32)23-13-12-22(30)15-26(23)35-24/h4-15,18,24,27H,17H2,1-3H3/b14-11+. The molecule has 0 spiro atoms. The van der Waals surface area contributed by atoms with E-state index in [0.717, 1.165) is 5.56 Å². The Kier molecular flexibility index (Phi) is 7.17. The van der Waals surface area contributed by atoms with Gasteiger partial charge in [0.05, 0.1) is 36.8 Å². The highest BCUT2D eigenvalue weighted by Gasteiger charge is 2.37. The molecule has 3 aromatic carbocycles. The van der Waals surface area contributed by atoms with Crippen LogP contribution in [0.15, 0.2) is 66.7 Å². The van der Waals surface area contributed by atoms with E-state index >= 15 is 0 Å². The molecular formula is C29H26FNO4. The van der Waals surface area contributed by atoms with Crippen molar-refractivity contribution in [2.75, 3.05) is 13.7 Å². The predicted octanol–water partition coefficient (Wildman–Crippen LogP) is 6.18. The fourth-order valence-electron chi connectivity index (χ4n) is 4.01. The van der Waals surface area contributed by atoms with Gasteiger partial charge >= 0.3 is 0 Å². The van der Waals surface area contributed by atoms with E-state index in [1.165, 1.54) is 18.2 Å². The number of ether oxygens (including phenoxy) is 3. The number of methoxy groups -OCH3 is 1. The van der Waals surface area contributed by atoms with Gasteiger partial charge in [-0.05, 0) is 47.9 Å². The molecule has 3 aromatic rings. The molecule has 1 heterocycles. The van der Waals surface area contributed by atoms with E-state index in [4.69, 9.17) is 19.5 Å². The molecule has 5 nitrogen and oxygen atoms in total. The van der Waals surface area contributed by atoms with Crippen molar-refractivity contribution in [3.63, 3.8) is 0 Å². The van der Waals surface area contributed by atoms with Crippen LogP contribution in [0.3, 0.4) is 0 Å². The summed E-state index contributed by atoms with van der Waals surface area (Å²) in [5, 5.41) is 9.15. The van der Waals surface area contributed by atoms with Crippen LogP contribution in [0, 0.1) is 23.1 Å². The zero-order valence-electron chi connectivity index (χ0n) is 19.8. The highest BCUT2D eigenvalue weighted by Crippen LogP contribution is 2.39. The first-order valence-electron chi connectivity index (χ1n) is 11.4. The molecule has 0 N–H and O–H groups in total. The third-order valence-corrected chi connectivity index (χ3v) is 5.74. The molecule has 0 saturated heterocycles. The summed E-state index contributed by atoms with van der Waals surface area (Å²) in [5.74, 6) is 0.413. The summed E-state index contributed by atoms with van der Waals surface area (Å²) in [6, 6.07) is 18.4. The first-order chi connectivity index (χ1) is 16.9. The summed E-state index contributed by atoms with van der Waals surface area (Å²) in [5.41, 5.74) is 2.30. The number of Topliss-reactive ketones (excluding diaryl/α,β-unsaturated/α-hetero) is 1. The average molecular weight is 472 g/mol. The highest BCUT2D eigenvalue weighted by molar-refractivity contribution is 6.05. The normalized spacial score (nSPS) is 17.1. The number of carbonyl (C=O) groups excluding carboxylic acids is 1. The largest absolute Gasteiger partial charge is 0.493 e. The summed E-state index contributed by atoms with van der Waals surface area (Å²) < 4.78 is 31.6. The van der Waals surface area contributed by atoms with Crippen LogP contribution < -0.4 is 14.2 Å². The van der Waals surface area contributed by atoms with Crippen LogP contribution in [0.2, 0.25) is 0 Å². The van der Waals surface area contributed by atoms with Crippen LogP contribution >= 0.6 is 0 Å². The van der Waals surface area contributed by atoms with Crippen molar-refractivity contribution in [3.8, 4) is 23.3 Å². The lowest BCUT2D eigenvalue weighted by molar-refractivity contribution is 0.0842. The van der Waals surface area contributed by atoms with Gasteiger partial charge in [0.25, 0.3) is 0 Å². The van der Waals surface area contributed by atoms with Crippen LogP contribution in [0.5, 0.6) is 17.2 Å². The molecule has 4 rings (SSSR count). The van der Waals surface area contributed by atoms with Crippen molar-refractivity contribution in [1.29, 1.82) is 5.26 Å². The van der Waals surface area contributed by atoms with Crippen molar-refractivity contribution < 1.29 is 23.4 Å². The van der Waals surface area contributed by atoms with E-state index in [1.807, 2.05) is 24.3 Å². The molecule has 178 valence electrons. The number of fused-ring (bicyclic) bond motifs is 1. The van der Waals surface area contributed by atoms with Gasteiger partial charge in [-0.3, -0.25) is 4.79 Å². The number of nitriles is 1. The Morgan fingerprint density at radius 1 is 1.14 bits per heavy atom. The Bertz CT molecular complexity index is 1290. The van der Waals surface area contributed by atoms with Gasteiger partial charge in [0.1, 0.15) is 17.7 Å². The lowest BCUT2D eigenvalue weighted by Gasteiger charge is -2.31. The second-order valence-electron chi connectivity index (χ2n) is 8.74. The van der Waals surface area contributed by atoms with Crippen molar-refractivity contribution in [1.82, 2.24) is 0 Å². The van der Waals surface area contributed by atoms with Gasteiger partial charge in [-0.2, -0.15) is 5.26 Å². The maximum atomic E-state index is 13.9. The fourth-order valence-corrected chi connectivity index (χ4v) is 4.01. The monoisotopic (exact) mass is 471 g/mol. The topological polar surface area (TPSA) is 68.5 Å². The zero-order valence-corrected chi connectivity index (χ0v) is 19.8. The lowest BCUT2D eigenvalue weighted by atomic mass is 9.83. The maximum Gasteiger partial charge on any atom is 0.178 e. The zero-order chi connectivity index (χ0) is 24.9. The summed E-state index contributed by atoms with van der Waals surface area (Å²) in [6.45, 7) is 4.64. The quantitative estimate of drug-likeness (QED) is 0.411. The molecule has 0 radical (unpaired) electrons. The first-order valence-corrected chi connectivity index (χ1v) is 11.4. The predicted molar refractivity (Wildman–Crippen MR) is 131 cm³/mol. The summed E-state index contributed by atoms with van der Waals surface area (Å²) in [4.78, 5) is 13.5. The van der Waals surface area contributed by atoms with Crippen LogP contribution in [0.25, 0.3) is 6.08 Å². The summed E-state index contributed by atoms with van der Waals surface area (Å²) in [7, 11) is 1.58. The van der Waals surface area contributed by atoms with Gasteiger partial charge in [-0.1, -0.05) is 44.2 Å². The first kappa shape index (κ1) is 24.0. The number of carbonyl (C=O) groups is 1. The van der Waals surface area contributed by atoms with Gasteiger partial charge in [-0.25, -0.2) is 4.39 Å². The summed E-state index contributed by atoms with van der Waals surface area (Å²) >= 11 is 0. The van der Waals surface area contributed by atoms with Crippen molar-refractivity contribution in [2.45, 2.75) is 25.9 Å². The van der Waals surface area contributed by atoms with Crippen molar-refractivity contribution in [2.24, 2.45) is 5.92 Å². The molecule has 2 atom stereocenters. The lowest BCUT2D eigenvalue weighted by Crippen LogP contribution is -2.34. The van der Waals surface area contributed by atoms with E-state index in [-0.39, 0.29) is 11.5 Å². The number of hydrogen-bond acceptors (Lipinski definition) is 5. The van der Waals surface area contributed by atoms with Crippen molar-refractivity contribution >= 4 is 11.9 Å². The van der Waals surface area contributed by atoms with Gasteiger partial charge < -0.3 is 14.2 Å². The molecule has 0 aromatic heterocycles. The molecule has 0 amide bonds. The van der Waals surface area contributed by atoms with Crippen LogP contribution in [-0.2, 0) is 0 Å². The average Bonchev–Trinajstić information content (AvgIpc) is 2.86. The smallest absolute Gasteiger partial charge is 0.178 e. The molecule has 1 aliphatic rings. The fraction of sp³-hybridized carbons (Fsp3) is 0.241. The second kappa shape index (κ2) is 10.4. The van der Waals surface area contributed by atoms with E-state index in [0.29, 0.717) is 40.7 Å². The number of nitrogens with zero attached hydrogens (tertiary/aromatic N) is 1. The second-order valence-corrected chi connectivity index (χ2v) is 8.74. The molecule has 0 fully saturated rings. The Morgan fingerprint density at radius 3 is 2.60 bits per heavy atom. The Labute approximate surface area is 204 Å². The van der Waals surface area contributed by atoms with E-state index in [2.05, 4.69) is 19.9 Å². The number of rotatable bonds is 7. The van der Waals surface area contributed by atoms with E-state index in [1.54, 1.807) is 37.5 Å².